The van der Waals surface area contributed by atoms with Crippen LogP contribution in [0.15, 0.2) is 54.6 Å². The first-order valence-electron chi connectivity index (χ1n) is 9.78. The highest BCUT2D eigenvalue weighted by atomic mass is 16.2. The number of hydrogen-bond acceptors (Lipinski definition) is 2. The van der Waals surface area contributed by atoms with Crippen LogP contribution in [-0.2, 0) is 11.2 Å². The van der Waals surface area contributed by atoms with E-state index >= 15 is 0 Å². The smallest absolute Gasteiger partial charge is 0.253 e. The van der Waals surface area contributed by atoms with Crippen molar-refractivity contribution in [3.8, 4) is 0 Å². The monoisotopic (exact) mass is 364 g/mol. The number of rotatable bonds is 6. The highest BCUT2D eigenvalue weighted by molar-refractivity contribution is 5.94. The molecule has 0 atom stereocenters. The largest absolute Gasteiger partial charge is 0.356 e. The van der Waals surface area contributed by atoms with Gasteiger partial charge in [0.1, 0.15) is 0 Å². The van der Waals surface area contributed by atoms with Crippen molar-refractivity contribution in [1.29, 1.82) is 0 Å². The van der Waals surface area contributed by atoms with Crippen molar-refractivity contribution in [3.63, 3.8) is 0 Å². The number of nitrogens with one attached hydrogen (secondary N) is 1. The number of aryl methyl sites for hydroxylation is 1. The van der Waals surface area contributed by atoms with Crippen LogP contribution in [0.5, 0.6) is 0 Å². The average molecular weight is 364 g/mol. The van der Waals surface area contributed by atoms with Crippen molar-refractivity contribution in [1.82, 2.24) is 10.2 Å². The molecule has 1 aliphatic rings. The van der Waals surface area contributed by atoms with Gasteiger partial charge >= 0.3 is 0 Å². The molecule has 1 fully saturated rings. The number of carbonyl (C=O) groups excluding carboxylic acids is 2. The van der Waals surface area contributed by atoms with Crippen LogP contribution in [-0.4, -0.2) is 36.3 Å². The Morgan fingerprint density at radius 2 is 1.67 bits per heavy atom. The fraction of sp³-hybridized carbons (Fsp3) is 0.391. The van der Waals surface area contributed by atoms with E-state index in [1.807, 2.05) is 54.3 Å². The third kappa shape index (κ3) is 5.68. The molecule has 0 bridgehead atoms. The van der Waals surface area contributed by atoms with E-state index in [1.165, 1.54) is 5.56 Å². The summed E-state index contributed by atoms with van der Waals surface area (Å²) in [7, 11) is 0. The molecule has 4 heteroatoms. The molecule has 0 spiro atoms. The maximum absolute atomic E-state index is 12.6. The molecule has 0 aliphatic carbocycles. The Bertz CT molecular complexity index is 748. The number of carbonyl (C=O) groups is 2. The zero-order chi connectivity index (χ0) is 19.1. The number of likely N-dealkylation sites (tertiary alicyclic amines) is 1. The molecule has 1 saturated heterocycles. The molecule has 0 unspecified atom stereocenters. The van der Waals surface area contributed by atoms with E-state index in [0.29, 0.717) is 18.9 Å². The lowest BCUT2D eigenvalue weighted by Gasteiger charge is -2.31. The van der Waals surface area contributed by atoms with Gasteiger partial charge in [-0.2, -0.15) is 0 Å². The minimum absolute atomic E-state index is 0.0979. The fourth-order valence-electron chi connectivity index (χ4n) is 3.54. The minimum atomic E-state index is 0.0979. The van der Waals surface area contributed by atoms with Gasteiger partial charge in [-0.3, -0.25) is 9.59 Å². The van der Waals surface area contributed by atoms with E-state index in [0.717, 1.165) is 43.5 Å². The third-order valence-electron chi connectivity index (χ3n) is 5.25. The first-order valence-corrected chi connectivity index (χ1v) is 9.78. The summed E-state index contributed by atoms with van der Waals surface area (Å²) in [5.74, 6) is 0.582. The summed E-state index contributed by atoms with van der Waals surface area (Å²) in [6.07, 6.45) is 3.20. The van der Waals surface area contributed by atoms with Crippen LogP contribution in [0.1, 0.15) is 40.7 Å². The molecular formula is C23H28N2O2. The van der Waals surface area contributed by atoms with Gasteiger partial charge in [-0.25, -0.2) is 0 Å². The van der Waals surface area contributed by atoms with Gasteiger partial charge in [0.15, 0.2) is 0 Å². The lowest BCUT2D eigenvalue weighted by molar-refractivity contribution is -0.122. The van der Waals surface area contributed by atoms with Crippen molar-refractivity contribution >= 4 is 11.8 Å². The summed E-state index contributed by atoms with van der Waals surface area (Å²) in [4.78, 5) is 26.7. The third-order valence-corrected chi connectivity index (χ3v) is 5.25. The Kier molecular flexibility index (Phi) is 6.64. The lowest BCUT2D eigenvalue weighted by Crippen LogP contribution is -2.39. The van der Waals surface area contributed by atoms with Crippen LogP contribution in [0.3, 0.4) is 0 Å². The lowest BCUT2D eigenvalue weighted by atomic mass is 9.92. The Morgan fingerprint density at radius 3 is 2.33 bits per heavy atom. The summed E-state index contributed by atoms with van der Waals surface area (Å²) in [5, 5.41) is 3.02. The van der Waals surface area contributed by atoms with Crippen molar-refractivity contribution in [3.05, 3.63) is 71.3 Å². The molecule has 0 aromatic heterocycles. The number of amides is 2. The summed E-state index contributed by atoms with van der Waals surface area (Å²) in [6.45, 7) is 4.15. The molecule has 1 aliphatic heterocycles. The van der Waals surface area contributed by atoms with Gasteiger partial charge < -0.3 is 10.2 Å². The molecular weight excluding hydrogens is 336 g/mol. The van der Waals surface area contributed by atoms with Gasteiger partial charge in [-0.05, 0) is 49.8 Å². The second kappa shape index (κ2) is 9.36. The number of hydrogen-bond donors (Lipinski definition) is 1. The first-order chi connectivity index (χ1) is 13.1. The summed E-state index contributed by atoms with van der Waals surface area (Å²) in [6, 6.07) is 17.9. The van der Waals surface area contributed by atoms with Crippen LogP contribution in [0.2, 0.25) is 0 Å². The Balaban J connectivity index is 1.38. The van der Waals surface area contributed by atoms with Gasteiger partial charge in [0, 0.05) is 31.6 Å². The maximum Gasteiger partial charge on any atom is 0.253 e. The van der Waals surface area contributed by atoms with Crippen LogP contribution < -0.4 is 5.32 Å². The minimum Gasteiger partial charge on any atom is -0.356 e. The van der Waals surface area contributed by atoms with Gasteiger partial charge in [0.25, 0.3) is 5.91 Å². The molecule has 2 aromatic rings. The average Bonchev–Trinajstić information content (AvgIpc) is 2.69. The van der Waals surface area contributed by atoms with Crippen molar-refractivity contribution in [2.45, 2.75) is 32.6 Å². The zero-order valence-electron chi connectivity index (χ0n) is 16.0. The van der Waals surface area contributed by atoms with E-state index < -0.39 is 0 Å². The summed E-state index contributed by atoms with van der Waals surface area (Å²) in [5.41, 5.74) is 3.14. The van der Waals surface area contributed by atoms with E-state index in [4.69, 9.17) is 0 Å². The van der Waals surface area contributed by atoms with Gasteiger partial charge in [0.05, 0.1) is 0 Å². The highest BCUT2D eigenvalue weighted by Gasteiger charge is 2.25. The SMILES string of the molecule is Cc1ccc(C(=O)N2CCC(CC(=O)NCCc3ccccc3)CC2)cc1. The van der Waals surface area contributed by atoms with Gasteiger partial charge in [0.2, 0.25) is 5.91 Å². The van der Waals surface area contributed by atoms with Gasteiger partial charge in [-0.15, -0.1) is 0 Å². The maximum atomic E-state index is 12.6. The van der Waals surface area contributed by atoms with Crippen LogP contribution >= 0.6 is 0 Å². The second-order valence-electron chi connectivity index (χ2n) is 7.39. The fourth-order valence-corrected chi connectivity index (χ4v) is 3.54. The molecule has 2 aromatic carbocycles. The van der Waals surface area contributed by atoms with Crippen molar-refractivity contribution in [2.75, 3.05) is 19.6 Å². The quantitative estimate of drug-likeness (QED) is 0.851. The van der Waals surface area contributed by atoms with Crippen LogP contribution in [0.4, 0.5) is 0 Å². The molecule has 142 valence electrons. The second-order valence-corrected chi connectivity index (χ2v) is 7.39. The topological polar surface area (TPSA) is 49.4 Å². The number of nitrogens with zero attached hydrogens (tertiary/aromatic N) is 1. The normalized spacial score (nSPS) is 14.8. The number of benzene rings is 2. The van der Waals surface area contributed by atoms with Crippen molar-refractivity contribution < 1.29 is 9.59 Å². The van der Waals surface area contributed by atoms with Crippen molar-refractivity contribution in [2.24, 2.45) is 5.92 Å². The Hall–Kier alpha value is -2.62. The molecule has 0 radical (unpaired) electrons. The van der Waals surface area contributed by atoms with Crippen LogP contribution in [0, 0.1) is 12.8 Å². The predicted molar refractivity (Wildman–Crippen MR) is 108 cm³/mol. The number of piperidine rings is 1. The van der Waals surface area contributed by atoms with E-state index in [2.05, 4.69) is 17.4 Å². The molecule has 1 heterocycles. The van der Waals surface area contributed by atoms with E-state index in [1.54, 1.807) is 0 Å². The molecule has 27 heavy (non-hydrogen) atoms. The van der Waals surface area contributed by atoms with Gasteiger partial charge in [-0.1, -0.05) is 48.0 Å². The molecule has 0 saturated carbocycles. The first kappa shape index (κ1) is 19.2. The van der Waals surface area contributed by atoms with E-state index in [-0.39, 0.29) is 11.8 Å². The van der Waals surface area contributed by atoms with E-state index in [9.17, 15) is 9.59 Å². The summed E-state index contributed by atoms with van der Waals surface area (Å²) < 4.78 is 0. The highest BCUT2D eigenvalue weighted by Crippen LogP contribution is 2.22. The van der Waals surface area contributed by atoms with Crippen LogP contribution in [0.25, 0.3) is 0 Å². The summed E-state index contributed by atoms with van der Waals surface area (Å²) >= 11 is 0. The standard InChI is InChI=1S/C23H28N2O2/c1-18-7-9-21(10-8-18)23(27)25-15-12-20(13-16-25)17-22(26)24-14-11-19-5-3-2-4-6-19/h2-10,20H,11-17H2,1H3,(H,24,26). The molecule has 2 amide bonds. The Labute approximate surface area is 161 Å². The zero-order valence-corrected chi connectivity index (χ0v) is 16.0. The molecule has 3 rings (SSSR count). The molecule has 1 N–H and O–H groups in total. The Morgan fingerprint density at radius 1 is 1.00 bits per heavy atom. The molecule has 4 nitrogen and oxygen atoms in total. The predicted octanol–water partition coefficient (Wildman–Crippen LogP) is 3.60.